The third kappa shape index (κ3) is 7.39. The minimum absolute atomic E-state index is 0.0335. The lowest BCUT2D eigenvalue weighted by Gasteiger charge is -2.14. The Bertz CT molecular complexity index is 238. The summed E-state index contributed by atoms with van der Waals surface area (Å²) in [6.45, 7) is 12.2. The Morgan fingerprint density at radius 2 is 1.44 bits per heavy atom. The molecule has 0 aromatic heterocycles. The van der Waals surface area contributed by atoms with Crippen LogP contribution in [0.4, 0.5) is 0 Å². The molecule has 0 spiro atoms. The number of ether oxygens (including phenoxy) is 2. The van der Waals surface area contributed by atoms with Gasteiger partial charge in [-0.3, -0.25) is 0 Å². The van der Waals surface area contributed by atoms with Crippen LogP contribution in [0.5, 0.6) is 0 Å². The predicted molar refractivity (Wildman–Crippen MR) is 76.1 cm³/mol. The molecule has 2 atom stereocenters. The molecule has 16 heavy (non-hydrogen) atoms. The van der Waals surface area contributed by atoms with E-state index in [0.29, 0.717) is 13.2 Å². The van der Waals surface area contributed by atoms with Gasteiger partial charge in [0.15, 0.2) is 0 Å². The van der Waals surface area contributed by atoms with Gasteiger partial charge in [0.05, 0.1) is 28.8 Å². The van der Waals surface area contributed by atoms with Crippen LogP contribution in [-0.4, -0.2) is 25.4 Å². The quantitative estimate of drug-likeness (QED) is 0.610. The van der Waals surface area contributed by atoms with Crippen LogP contribution in [0.3, 0.4) is 0 Å². The summed E-state index contributed by atoms with van der Waals surface area (Å²) in [7, 11) is 0. The fourth-order valence-corrected chi connectivity index (χ4v) is 1.21. The second-order valence-electron chi connectivity index (χ2n) is 3.37. The molecule has 0 aromatic rings. The van der Waals surface area contributed by atoms with E-state index >= 15 is 0 Å². The van der Waals surface area contributed by atoms with Crippen LogP contribution in [0.25, 0.3) is 0 Å². The molecule has 0 heterocycles. The summed E-state index contributed by atoms with van der Waals surface area (Å²) in [5.41, 5.74) is 1.02. The summed E-state index contributed by atoms with van der Waals surface area (Å²) in [5, 5.41) is 0. The summed E-state index contributed by atoms with van der Waals surface area (Å²) in [5.74, 6) is 0. The molecule has 0 radical (unpaired) electrons. The molecule has 0 aromatic carbocycles. The second-order valence-corrected chi connectivity index (χ2v) is 6.02. The van der Waals surface area contributed by atoms with Gasteiger partial charge in [-0.15, -0.1) is 13.2 Å². The first-order valence-corrected chi connectivity index (χ1v) is 6.61. The van der Waals surface area contributed by atoms with E-state index in [1.165, 1.54) is 0 Å². The van der Waals surface area contributed by atoms with E-state index in [1.54, 1.807) is 12.2 Å². The van der Waals surface area contributed by atoms with E-state index in [4.69, 9.17) is 9.47 Å². The van der Waals surface area contributed by atoms with Gasteiger partial charge >= 0.3 is 0 Å². The highest BCUT2D eigenvalue weighted by molar-refractivity contribution is 9.28. The van der Waals surface area contributed by atoms with E-state index in [1.807, 2.05) is 13.8 Å². The molecular weight excluding hydrogens is 336 g/mol. The van der Waals surface area contributed by atoms with E-state index in [-0.39, 0.29) is 12.2 Å². The molecule has 0 aliphatic carbocycles. The first kappa shape index (κ1) is 16.1. The van der Waals surface area contributed by atoms with Gasteiger partial charge in [-0.05, 0) is 45.7 Å². The van der Waals surface area contributed by atoms with Gasteiger partial charge in [0.25, 0.3) is 0 Å². The molecule has 0 saturated heterocycles. The summed E-state index contributed by atoms with van der Waals surface area (Å²) in [4.78, 5) is 0. The summed E-state index contributed by atoms with van der Waals surface area (Å²) in [6.07, 6.45) is 3.58. The Labute approximate surface area is 115 Å². The molecule has 4 heteroatoms. The van der Waals surface area contributed by atoms with Gasteiger partial charge in [-0.25, -0.2) is 0 Å². The fraction of sp³-hybridized carbons (Fsp3) is 0.500. The first-order valence-electron chi connectivity index (χ1n) is 5.02. The number of rotatable bonds is 8. The molecule has 0 saturated carbocycles. The third-order valence-corrected chi connectivity index (χ3v) is 3.09. The number of halogens is 2. The predicted octanol–water partition coefficient (Wildman–Crippen LogP) is 4.17. The first-order chi connectivity index (χ1) is 7.51. The van der Waals surface area contributed by atoms with Crippen LogP contribution in [0.1, 0.15) is 13.8 Å². The van der Waals surface area contributed by atoms with Crippen molar-refractivity contribution in [1.82, 2.24) is 0 Å². The maximum Gasteiger partial charge on any atom is 0.0729 e. The summed E-state index contributed by atoms with van der Waals surface area (Å²) >= 11 is 6.74. The molecule has 92 valence electrons. The van der Waals surface area contributed by atoms with Gasteiger partial charge in [0.1, 0.15) is 0 Å². The lowest BCUT2D eigenvalue weighted by molar-refractivity contribution is 0.0829. The van der Waals surface area contributed by atoms with Gasteiger partial charge < -0.3 is 9.47 Å². The van der Waals surface area contributed by atoms with Crippen LogP contribution in [-0.2, 0) is 9.47 Å². The molecule has 0 rings (SSSR count). The van der Waals surface area contributed by atoms with E-state index in [2.05, 4.69) is 45.0 Å². The smallest absolute Gasteiger partial charge is 0.0729 e. The molecule has 0 amide bonds. The highest BCUT2D eigenvalue weighted by atomic mass is 79.9. The maximum absolute atomic E-state index is 5.54. The fourth-order valence-electron chi connectivity index (χ4n) is 0.751. The topological polar surface area (TPSA) is 18.5 Å². The molecule has 0 aliphatic heterocycles. The average Bonchev–Trinajstić information content (AvgIpc) is 2.27. The average molecular weight is 354 g/mol. The van der Waals surface area contributed by atoms with Crippen LogP contribution in [0.15, 0.2) is 34.3 Å². The standard InChI is InChI=1S/C12H18Br2O2/c1-5-9(3)15-7-11(12(13)14)8-16-10(4)6-2/h5-6,9-10H,1-2,7-8H2,3-4H3. The van der Waals surface area contributed by atoms with E-state index < -0.39 is 0 Å². The minimum atomic E-state index is 0.0335. The van der Waals surface area contributed by atoms with Crippen molar-refractivity contribution in [3.8, 4) is 0 Å². The number of hydrogen-bond donors (Lipinski definition) is 0. The van der Waals surface area contributed by atoms with Crippen LogP contribution < -0.4 is 0 Å². The van der Waals surface area contributed by atoms with Gasteiger partial charge in [-0.1, -0.05) is 12.2 Å². The molecule has 0 aliphatic rings. The highest BCUT2D eigenvalue weighted by Gasteiger charge is 2.07. The zero-order valence-corrected chi connectivity index (χ0v) is 12.9. The van der Waals surface area contributed by atoms with Crippen LogP contribution in [0.2, 0.25) is 0 Å². The Morgan fingerprint density at radius 1 is 1.06 bits per heavy atom. The molecule has 0 N–H and O–H groups in total. The third-order valence-electron chi connectivity index (χ3n) is 1.97. The SMILES string of the molecule is C=CC(C)OCC(COC(C)C=C)=C(Br)Br. The van der Waals surface area contributed by atoms with Crippen molar-refractivity contribution < 1.29 is 9.47 Å². The Kier molecular flexibility index (Phi) is 9.22. The second kappa shape index (κ2) is 9.16. The minimum Gasteiger partial charge on any atom is -0.370 e. The van der Waals surface area contributed by atoms with Gasteiger partial charge in [-0.2, -0.15) is 0 Å². The van der Waals surface area contributed by atoms with Crippen LogP contribution >= 0.6 is 31.9 Å². The molecule has 0 bridgehead atoms. The van der Waals surface area contributed by atoms with Gasteiger partial charge in [0, 0.05) is 5.57 Å². The molecular formula is C12H18Br2O2. The molecule has 0 fully saturated rings. The molecule has 2 nitrogen and oxygen atoms in total. The number of hydrogen-bond acceptors (Lipinski definition) is 2. The van der Waals surface area contributed by atoms with E-state index in [9.17, 15) is 0 Å². The highest BCUT2D eigenvalue weighted by Crippen LogP contribution is 2.20. The zero-order valence-electron chi connectivity index (χ0n) is 9.71. The Morgan fingerprint density at radius 3 is 1.69 bits per heavy atom. The van der Waals surface area contributed by atoms with Crippen molar-refractivity contribution in [3.63, 3.8) is 0 Å². The van der Waals surface area contributed by atoms with Crippen molar-refractivity contribution in [2.24, 2.45) is 0 Å². The maximum atomic E-state index is 5.54. The molecule has 2 unspecified atom stereocenters. The van der Waals surface area contributed by atoms with Crippen molar-refractivity contribution in [1.29, 1.82) is 0 Å². The van der Waals surface area contributed by atoms with Gasteiger partial charge in [0.2, 0.25) is 0 Å². The largest absolute Gasteiger partial charge is 0.370 e. The van der Waals surface area contributed by atoms with Crippen molar-refractivity contribution in [2.75, 3.05) is 13.2 Å². The lowest BCUT2D eigenvalue weighted by atomic mass is 10.3. The normalized spacial score (nSPS) is 14.0. The lowest BCUT2D eigenvalue weighted by Crippen LogP contribution is -2.14. The van der Waals surface area contributed by atoms with Crippen molar-refractivity contribution >= 4 is 31.9 Å². The van der Waals surface area contributed by atoms with Crippen molar-refractivity contribution in [2.45, 2.75) is 26.1 Å². The van der Waals surface area contributed by atoms with E-state index in [0.717, 1.165) is 8.96 Å². The van der Waals surface area contributed by atoms with Crippen molar-refractivity contribution in [3.05, 3.63) is 34.3 Å². The Hall–Kier alpha value is 0.100. The zero-order chi connectivity index (χ0) is 12.6. The monoisotopic (exact) mass is 352 g/mol. The Balaban J connectivity index is 4.15. The van der Waals surface area contributed by atoms with Crippen LogP contribution in [0, 0.1) is 0 Å². The summed E-state index contributed by atoms with van der Waals surface area (Å²) < 4.78 is 11.9. The summed E-state index contributed by atoms with van der Waals surface area (Å²) in [6, 6.07) is 0.